The normalized spacial score (nSPS) is 16.0. The van der Waals surface area contributed by atoms with Crippen molar-refractivity contribution < 1.29 is 4.79 Å². The second-order valence-corrected chi connectivity index (χ2v) is 5.10. The van der Waals surface area contributed by atoms with E-state index in [9.17, 15) is 4.79 Å². The van der Waals surface area contributed by atoms with E-state index in [1.165, 1.54) is 32.1 Å². The Morgan fingerprint density at radius 2 is 1.55 bits per heavy atom. The Balaban J connectivity index is 0.00000180. The van der Waals surface area contributed by atoms with Gasteiger partial charge in [-0.25, -0.2) is 0 Å². The van der Waals surface area contributed by atoms with Crippen LogP contribution < -0.4 is 11.1 Å². The number of anilines is 1. The molecule has 0 aromatic heterocycles. The second-order valence-electron chi connectivity index (χ2n) is 5.10. The summed E-state index contributed by atoms with van der Waals surface area (Å²) < 4.78 is 0. The van der Waals surface area contributed by atoms with Crippen LogP contribution in [0.5, 0.6) is 0 Å². The largest absolute Gasteiger partial charge is 0.398 e. The Morgan fingerprint density at radius 1 is 1.00 bits per heavy atom. The molecule has 1 aliphatic carbocycles. The monoisotopic (exact) mass is 278 g/mol. The van der Waals surface area contributed by atoms with Crippen LogP contribution in [0.2, 0.25) is 0 Å². The van der Waals surface area contributed by atoms with Gasteiger partial charge in [-0.2, -0.15) is 0 Å². The first-order valence-corrected chi connectivity index (χ1v) is 6.93. The van der Waals surface area contributed by atoms with Gasteiger partial charge < -0.3 is 11.1 Å². The highest BCUT2D eigenvalue weighted by Gasteiger charge is 2.16. The van der Waals surface area contributed by atoms with Crippen LogP contribution in [-0.4, -0.2) is 11.9 Å². The number of carbonyl (C=O) groups excluding carboxylic acids is 1. The van der Waals surface area contributed by atoms with Gasteiger partial charge >= 0.3 is 0 Å². The highest BCUT2D eigenvalue weighted by Crippen LogP contribution is 2.18. The molecule has 1 aromatic rings. The lowest BCUT2D eigenvalue weighted by Crippen LogP contribution is -2.35. The third-order valence-electron chi connectivity index (χ3n) is 3.65. The van der Waals surface area contributed by atoms with Gasteiger partial charge in [0.25, 0.3) is 5.91 Å². The quantitative estimate of drug-likeness (QED) is 0.789. The van der Waals surface area contributed by atoms with Crippen LogP contribution in [0, 0.1) is 0 Å². The lowest BCUT2D eigenvalue weighted by molar-refractivity contribution is 0.0931. The highest BCUT2D eigenvalue weighted by molar-refractivity contribution is 5.99. The van der Waals surface area contributed by atoms with Crippen LogP contribution in [0.4, 0.5) is 5.69 Å². The molecule has 0 unspecified atom stereocenters. The van der Waals surface area contributed by atoms with Gasteiger partial charge in [0.05, 0.1) is 5.56 Å². The molecular weight excluding hydrogens is 248 g/mol. The van der Waals surface area contributed by atoms with Crippen LogP contribution in [0.15, 0.2) is 24.3 Å². The molecule has 0 spiro atoms. The summed E-state index contributed by atoms with van der Waals surface area (Å²) in [6.07, 6.45) is 8.55. The van der Waals surface area contributed by atoms with Crippen molar-refractivity contribution in [3.63, 3.8) is 0 Å². The lowest BCUT2D eigenvalue weighted by atomic mass is 9.96. The fourth-order valence-corrected chi connectivity index (χ4v) is 2.57. The molecule has 0 atom stereocenters. The van der Waals surface area contributed by atoms with E-state index in [1.54, 1.807) is 12.1 Å². The number of benzene rings is 1. The summed E-state index contributed by atoms with van der Waals surface area (Å²) in [5, 5.41) is 3.12. The average Bonchev–Trinajstić information content (AvgIpc) is 2.33. The highest BCUT2D eigenvalue weighted by atomic mass is 16.1. The Labute approximate surface area is 124 Å². The Bertz CT molecular complexity index is 396. The minimum Gasteiger partial charge on any atom is -0.398 e. The van der Waals surface area contributed by atoms with Crippen LogP contribution in [0.25, 0.3) is 0 Å². The van der Waals surface area contributed by atoms with Gasteiger partial charge in [-0.05, 0) is 25.0 Å². The maximum atomic E-state index is 12.1. The number of hydrogen-bond acceptors (Lipinski definition) is 2. The van der Waals surface area contributed by atoms with E-state index in [0.29, 0.717) is 17.3 Å². The van der Waals surface area contributed by atoms with Gasteiger partial charge in [0.2, 0.25) is 0 Å². The zero-order valence-electron chi connectivity index (χ0n) is 10.8. The van der Waals surface area contributed by atoms with Crippen molar-refractivity contribution in [3.8, 4) is 0 Å². The first-order valence-electron chi connectivity index (χ1n) is 6.93. The van der Waals surface area contributed by atoms with E-state index >= 15 is 0 Å². The SMILES string of the molecule is C.C.Nc1ccccc1C(=O)NC1CCCCCCC1. The van der Waals surface area contributed by atoms with E-state index in [0.717, 1.165) is 12.8 Å². The van der Waals surface area contributed by atoms with Gasteiger partial charge in [0.1, 0.15) is 0 Å². The topological polar surface area (TPSA) is 55.1 Å². The first-order chi connectivity index (χ1) is 8.77. The molecule has 0 heterocycles. The number of amides is 1. The van der Waals surface area contributed by atoms with Crippen molar-refractivity contribution in [2.75, 3.05) is 5.73 Å². The molecule has 0 radical (unpaired) electrons. The number of para-hydroxylation sites is 1. The van der Waals surface area contributed by atoms with Crippen molar-refractivity contribution in [3.05, 3.63) is 29.8 Å². The molecule has 3 N–H and O–H groups in total. The fourth-order valence-electron chi connectivity index (χ4n) is 2.57. The molecule has 0 aliphatic heterocycles. The summed E-state index contributed by atoms with van der Waals surface area (Å²) in [6, 6.07) is 7.57. The molecule has 1 fully saturated rings. The molecule has 0 bridgehead atoms. The average molecular weight is 278 g/mol. The predicted octanol–water partition coefficient (Wildman–Crippen LogP) is 4.38. The summed E-state index contributed by atoms with van der Waals surface area (Å²) >= 11 is 0. The molecule has 1 amide bonds. The van der Waals surface area contributed by atoms with Gasteiger partial charge in [-0.3, -0.25) is 4.79 Å². The van der Waals surface area contributed by atoms with Crippen LogP contribution >= 0.6 is 0 Å². The summed E-state index contributed by atoms with van der Waals surface area (Å²) in [5.41, 5.74) is 6.97. The van der Waals surface area contributed by atoms with Gasteiger partial charge in [-0.15, -0.1) is 0 Å². The van der Waals surface area contributed by atoms with Crippen molar-refractivity contribution in [2.24, 2.45) is 0 Å². The molecule has 1 aliphatic rings. The molecule has 1 saturated carbocycles. The van der Waals surface area contributed by atoms with E-state index < -0.39 is 0 Å². The number of hydrogen-bond donors (Lipinski definition) is 2. The molecule has 1 aromatic carbocycles. The first kappa shape index (κ1) is 18.5. The van der Waals surface area contributed by atoms with E-state index in [1.807, 2.05) is 12.1 Å². The number of nitrogens with one attached hydrogen (secondary N) is 1. The molecule has 2 rings (SSSR count). The molecular formula is C17H30N2O. The summed E-state index contributed by atoms with van der Waals surface area (Å²) in [5.74, 6) is -0.0290. The van der Waals surface area contributed by atoms with E-state index in [-0.39, 0.29) is 20.8 Å². The number of nitrogen functional groups attached to an aromatic ring is 1. The van der Waals surface area contributed by atoms with Crippen LogP contribution in [0.1, 0.15) is 70.2 Å². The van der Waals surface area contributed by atoms with Gasteiger partial charge in [0.15, 0.2) is 0 Å². The number of nitrogens with two attached hydrogens (primary N) is 1. The molecule has 20 heavy (non-hydrogen) atoms. The van der Waals surface area contributed by atoms with Gasteiger partial charge in [0, 0.05) is 11.7 Å². The minimum atomic E-state index is -0.0290. The summed E-state index contributed by atoms with van der Waals surface area (Å²) in [4.78, 5) is 12.1. The van der Waals surface area contributed by atoms with Crippen LogP contribution in [0.3, 0.4) is 0 Å². The molecule has 3 heteroatoms. The molecule has 0 saturated heterocycles. The smallest absolute Gasteiger partial charge is 0.253 e. The zero-order valence-corrected chi connectivity index (χ0v) is 10.8. The van der Waals surface area contributed by atoms with E-state index in [2.05, 4.69) is 5.32 Å². The van der Waals surface area contributed by atoms with Crippen molar-refractivity contribution in [2.45, 2.75) is 65.8 Å². The molecule has 114 valence electrons. The number of rotatable bonds is 2. The second kappa shape index (κ2) is 9.40. The van der Waals surface area contributed by atoms with E-state index in [4.69, 9.17) is 5.73 Å². The van der Waals surface area contributed by atoms with Crippen molar-refractivity contribution in [1.29, 1.82) is 0 Å². The van der Waals surface area contributed by atoms with Gasteiger partial charge in [-0.1, -0.05) is 59.1 Å². The maximum Gasteiger partial charge on any atom is 0.253 e. The predicted molar refractivity (Wildman–Crippen MR) is 87.9 cm³/mol. The van der Waals surface area contributed by atoms with Crippen molar-refractivity contribution in [1.82, 2.24) is 5.32 Å². The van der Waals surface area contributed by atoms with Crippen molar-refractivity contribution >= 4 is 11.6 Å². The number of carbonyl (C=O) groups is 1. The Kier molecular flexibility index (Phi) is 8.69. The maximum absolute atomic E-state index is 12.1. The Hall–Kier alpha value is -1.51. The zero-order chi connectivity index (χ0) is 12.8. The third-order valence-corrected chi connectivity index (χ3v) is 3.65. The van der Waals surface area contributed by atoms with Crippen LogP contribution in [-0.2, 0) is 0 Å². The standard InChI is InChI=1S/C15H22N2O.2CH4/c16-14-11-7-6-10-13(14)15(18)17-12-8-4-2-1-3-5-9-12;;/h6-7,10-12H,1-5,8-9,16H2,(H,17,18);2*1H4. The summed E-state index contributed by atoms with van der Waals surface area (Å²) in [7, 11) is 0. The third kappa shape index (κ3) is 5.24. The lowest BCUT2D eigenvalue weighted by Gasteiger charge is -2.21. The summed E-state index contributed by atoms with van der Waals surface area (Å²) in [6.45, 7) is 0. The fraction of sp³-hybridized carbons (Fsp3) is 0.588. The Morgan fingerprint density at radius 3 is 2.15 bits per heavy atom. The molecule has 3 nitrogen and oxygen atoms in total. The minimum absolute atomic E-state index is 0.